The summed E-state index contributed by atoms with van der Waals surface area (Å²) in [5.41, 5.74) is 2.64. The maximum Gasteiger partial charge on any atom is 0.573 e. The molecule has 1 aliphatic heterocycles. The van der Waals surface area contributed by atoms with Crippen LogP contribution in [-0.4, -0.2) is 30.6 Å². The first-order chi connectivity index (χ1) is 16.1. The number of para-hydroxylation sites is 2. The molecule has 0 saturated heterocycles. The van der Waals surface area contributed by atoms with Crippen LogP contribution in [0.2, 0.25) is 0 Å². The van der Waals surface area contributed by atoms with E-state index in [1.807, 2.05) is 11.0 Å². The number of pyridine rings is 1. The minimum Gasteiger partial charge on any atom is -0.406 e. The van der Waals surface area contributed by atoms with E-state index in [-0.39, 0.29) is 18.8 Å². The van der Waals surface area contributed by atoms with E-state index in [1.165, 1.54) is 18.2 Å². The van der Waals surface area contributed by atoms with E-state index in [1.54, 1.807) is 53.7 Å². The third kappa shape index (κ3) is 5.92. The number of benzene rings is 2. The highest BCUT2D eigenvalue weighted by atomic mass is 19.4. The number of halogens is 6. The molecular weight excluding hydrogens is 460 g/mol. The number of ether oxygens (including phenoxy) is 1. The van der Waals surface area contributed by atoms with Crippen LogP contribution in [0.1, 0.15) is 23.6 Å². The SMILES string of the molecule is FC(F)(F)CCN1c2ccccc2N(Cc2cccc(OC(F)(F)F)c2)C[C@H]1c1cccnc1. The van der Waals surface area contributed by atoms with E-state index in [4.69, 9.17) is 0 Å². The van der Waals surface area contributed by atoms with E-state index >= 15 is 0 Å². The fraction of sp³-hybridized carbons (Fsp3) is 0.292. The minimum absolute atomic E-state index is 0.233. The number of fused-ring (bicyclic) bond motifs is 1. The van der Waals surface area contributed by atoms with Gasteiger partial charge >= 0.3 is 12.5 Å². The van der Waals surface area contributed by atoms with Crippen molar-refractivity contribution in [2.75, 3.05) is 22.9 Å². The van der Waals surface area contributed by atoms with Crippen molar-refractivity contribution in [3.63, 3.8) is 0 Å². The van der Waals surface area contributed by atoms with E-state index in [0.717, 1.165) is 5.56 Å². The van der Waals surface area contributed by atoms with Crippen molar-refractivity contribution in [3.8, 4) is 5.75 Å². The first-order valence-corrected chi connectivity index (χ1v) is 10.5. The molecule has 4 nitrogen and oxygen atoms in total. The summed E-state index contributed by atoms with van der Waals surface area (Å²) in [4.78, 5) is 7.79. The number of rotatable bonds is 6. The molecule has 2 heterocycles. The van der Waals surface area contributed by atoms with Gasteiger partial charge in [0.05, 0.1) is 23.8 Å². The van der Waals surface area contributed by atoms with Crippen LogP contribution in [0.5, 0.6) is 5.75 Å². The van der Waals surface area contributed by atoms with Crippen molar-refractivity contribution in [2.24, 2.45) is 0 Å². The molecule has 0 radical (unpaired) electrons. The lowest BCUT2D eigenvalue weighted by Gasteiger charge is -2.45. The smallest absolute Gasteiger partial charge is 0.406 e. The van der Waals surface area contributed by atoms with Gasteiger partial charge < -0.3 is 14.5 Å². The third-order valence-electron chi connectivity index (χ3n) is 5.51. The first kappa shape index (κ1) is 23.7. The van der Waals surface area contributed by atoms with Crippen LogP contribution in [0.3, 0.4) is 0 Å². The second-order valence-electron chi connectivity index (χ2n) is 7.93. The summed E-state index contributed by atoms with van der Waals surface area (Å²) in [7, 11) is 0. The van der Waals surface area contributed by atoms with Crippen molar-refractivity contribution in [3.05, 3.63) is 84.2 Å². The Bertz CT molecular complexity index is 1100. The summed E-state index contributed by atoms with van der Waals surface area (Å²) in [6, 6.07) is 15.9. The number of alkyl halides is 6. The summed E-state index contributed by atoms with van der Waals surface area (Å²) in [5, 5.41) is 0. The van der Waals surface area contributed by atoms with Gasteiger partial charge in [0.1, 0.15) is 5.75 Å². The Balaban J connectivity index is 1.68. The Morgan fingerprint density at radius 2 is 1.68 bits per heavy atom. The number of nitrogens with zero attached hydrogens (tertiary/aromatic N) is 3. The summed E-state index contributed by atoms with van der Waals surface area (Å²) < 4.78 is 81.2. The number of anilines is 2. The summed E-state index contributed by atoms with van der Waals surface area (Å²) in [6.45, 7) is 0.337. The Hall–Kier alpha value is -3.43. The number of hydrogen-bond acceptors (Lipinski definition) is 4. The predicted molar refractivity (Wildman–Crippen MR) is 116 cm³/mol. The average molecular weight is 481 g/mol. The van der Waals surface area contributed by atoms with Gasteiger partial charge in [-0.05, 0) is 41.5 Å². The minimum atomic E-state index is -4.80. The molecule has 1 aromatic heterocycles. The lowest BCUT2D eigenvalue weighted by atomic mass is 9.99. The van der Waals surface area contributed by atoms with Crippen molar-refractivity contribution in [1.82, 2.24) is 4.98 Å². The zero-order valence-corrected chi connectivity index (χ0v) is 17.9. The monoisotopic (exact) mass is 481 g/mol. The lowest BCUT2D eigenvalue weighted by molar-refractivity contribution is -0.274. The Labute approximate surface area is 192 Å². The molecule has 180 valence electrons. The number of aromatic nitrogens is 1. The molecular formula is C24H21F6N3O. The molecule has 0 amide bonds. The molecule has 0 N–H and O–H groups in total. The second-order valence-corrected chi connectivity index (χ2v) is 7.93. The Kier molecular flexibility index (Phi) is 6.58. The summed E-state index contributed by atoms with van der Waals surface area (Å²) >= 11 is 0. The van der Waals surface area contributed by atoms with Gasteiger partial charge in [-0.15, -0.1) is 13.2 Å². The van der Waals surface area contributed by atoms with Gasteiger partial charge in [0.2, 0.25) is 0 Å². The fourth-order valence-electron chi connectivity index (χ4n) is 4.14. The second kappa shape index (κ2) is 9.44. The van der Waals surface area contributed by atoms with Crippen LogP contribution in [0.25, 0.3) is 0 Å². The highest BCUT2D eigenvalue weighted by Crippen LogP contribution is 2.42. The molecule has 0 spiro atoms. The molecule has 0 aliphatic carbocycles. The van der Waals surface area contributed by atoms with Gasteiger partial charge in [-0.3, -0.25) is 4.98 Å². The molecule has 34 heavy (non-hydrogen) atoms. The molecule has 10 heteroatoms. The van der Waals surface area contributed by atoms with Crippen LogP contribution in [0, 0.1) is 0 Å². The van der Waals surface area contributed by atoms with E-state index < -0.39 is 25.0 Å². The zero-order chi connectivity index (χ0) is 24.3. The quantitative estimate of drug-likeness (QED) is 0.376. The van der Waals surface area contributed by atoms with Crippen LogP contribution >= 0.6 is 0 Å². The van der Waals surface area contributed by atoms with E-state index in [0.29, 0.717) is 23.5 Å². The van der Waals surface area contributed by atoms with Gasteiger partial charge in [0, 0.05) is 32.0 Å². The molecule has 1 aliphatic rings. The van der Waals surface area contributed by atoms with Crippen molar-refractivity contribution >= 4 is 11.4 Å². The fourth-order valence-corrected chi connectivity index (χ4v) is 4.14. The zero-order valence-electron chi connectivity index (χ0n) is 17.9. The van der Waals surface area contributed by atoms with Crippen molar-refractivity contribution < 1.29 is 31.1 Å². The molecule has 2 aromatic carbocycles. The lowest BCUT2D eigenvalue weighted by Crippen LogP contribution is -2.44. The Morgan fingerprint density at radius 3 is 2.35 bits per heavy atom. The summed E-state index contributed by atoms with van der Waals surface area (Å²) in [5.74, 6) is -0.328. The molecule has 0 saturated carbocycles. The van der Waals surface area contributed by atoms with Gasteiger partial charge in [0.25, 0.3) is 0 Å². The van der Waals surface area contributed by atoms with Crippen LogP contribution in [-0.2, 0) is 6.54 Å². The first-order valence-electron chi connectivity index (χ1n) is 10.5. The predicted octanol–water partition coefficient (Wildman–Crippen LogP) is 6.50. The molecule has 0 bridgehead atoms. The van der Waals surface area contributed by atoms with Gasteiger partial charge in [-0.1, -0.05) is 30.3 Å². The third-order valence-corrected chi connectivity index (χ3v) is 5.51. The largest absolute Gasteiger partial charge is 0.573 e. The number of hydrogen-bond donors (Lipinski definition) is 0. The van der Waals surface area contributed by atoms with Crippen molar-refractivity contribution in [2.45, 2.75) is 31.5 Å². The molecule has 0 fully saturated rings. The average Bonchev–Trinajstić information content (AvgIpc) is 2.77. The highest BCUT2D eigenvalue weighted by molar-refractivity contribution is 5.74. The molecule has 0 unspecified atom stereocenters. The van der Waals surface area contributed by atoms with E-state index in [2.05, 4.69) is 9.72 Å². The maximum absolute atomic E-state index is 13.1. The van der Waals surface area contributed by atoms with Gasteiger partial charge in [-0.2, -0.15) is 13.2 Å². The van der Waals surface area contributed by atoms with E-state index in [9.17, 15) is 26.3 Å². The standard InChI is InChI=1S/C24H21F6N3O/c25-23(26,27)10-12-33-21-9-2-1-8-20(21)32(16-22(33)18-6-4-11-31-14-18)15-17-5-3-7-19(13-17)34-24(28,29)30/h1-9,11,13-14,22H,10,12,15-16H2/t22-/m0/s1. The molecule has 4 rings (SSSR count). The molecule has 1 atom stereocenters. The highest BCUT2D eigenvalue weighted by Gasteiger charge is 2.35. The van der Waals surface area contributed by atoms with Crippen molar-refractivity contribution in [1.29, 1.82) is 0 Å². The summed E-state index contributed by atoms with van der Waals surface area (Å²) in [6.07, 6.45) is -6.89. The Morgan fingerprint density at radius 1 is 0.912 bits per heavy atom. The van der Waals surface area contributed by atoms with Crippen LogP contribution in [0.4, 0.5) is 37.7 Å². The maximum atomic E-state index is 13.1. The topological polar surface area (TPSA) is 28.6 Å². The van der Waals surface area contributed by atoms with Crippen LogP contribution < -0.4 is 14.5 Å². The van der Waals surface area contributed by atoms with Gasteiger partial charge in [0.15, 0.2) is 0 Å². The molecule has 3 aromatic rings. The van der Waals surface area contributed by atoms with Gasteiger partial charge in [-0.25, -0.2) is 0 Å². The van der Waals surface area contributed by atoms with Crippen LogP contribution in [0.15, 0.2) is 73.1 Å². The normalized spacial score (nSPS) is 16.4.